The van der Waals surface area contributed by atoms with E-state index in [1.807, 2.05) is 48.5 Å². The molecule has 1 aromatic heterocycles. The van der Waals surface area contributed by atoms with Gasteiger partial charge in [-0.2, -0.15) is 10.5 Å². The van der Waals surface area contributed by atoms with Crippen molar-refractivity contribution < 1.29 is 0 Å². The average molecular weight is 507 g/mol. The molecule has 0 atom stereocenters. The van der Waals surface area contributed by atoms with Crippen LogP contribution in [0.15, 0.2) is 97.1 Å². The van der Waals surface area contributed by atoms with Gasteiger partial charge in [0.05, 0.1) is 45.4 Å². The highest BCUT2D eigenvalue weighted by Crippen LogP contribution is 2.54. The van der Waals surface area contributed by atoms with Gasteiger partial charge >= 0.3 is 0 Å². The molecule has 0 saturated carbocycles. The van der Waals surface area contributed by atoms with Crippen molar-refractivity contribution in [3.8, 4) is 12.1 Å². The number of rotatable bonds is 0. The minimum atomic E-state index is 0.0214. The molecule has 40 heavy (non-hydrogen) atoms. The van der Waals surface area contributed by atoms with E-state index in [4.69, 9.17) is 9.97 Å². The quantitative estimate of drug-likeness (QED) is 0.197. The second kappa shape index (κ2) is 7.50. The first kappa shape index (κ1) is 21.4. The number of hydrogen-bond donors (Lipinski definition) is 0. The molecule has 4 heteroatoms. The second-order valence-corrected chi connectivity index (χ2v) is 10.7. The van der Waals surface area contributed by atoms with Crippen LogP contribution in [-0.2, 0) is 0 Å². The molecule has 1 heterocycles. The SMILES string of the molecule is N#Cc1c2cc3ccccc3cc2c(C#N)c2cc3nc4c(nc3cc12)C1c2ccccc2C4c2ccccc21. The maximum atomic E-state index is 10.4. The van der Waals surface area contributed by atoms with E-state index in [0.29, 0.717) is 11.1 Å². The van der Waals surface area contributed by atoms with E-state index in [0.717, 1.165) is 54.7 Å². The fourth-order valence-corrected chi connectivity index (χ4v) is 7.15. The number of fused-ring (bicyclic) bond motifs is 4. The normalized spacial score (nSPS) is 16.4. The number of nitrogens with zero attached hydrogens (tertiary/aromatic N) is 4. The van der Waals surface area contributed by atoms with Gasteiger partial charge in [-0.15, -0.1) is 0 Å². The van der Waals surface area contributed by atoms with Crippen molar-refractivity contribution in [2.75, 3.05) is 0 Å². The first-order valence-electron chi connectivity index (χ1n) is 13.4. The minimum absolute atomic E-state index is 0.0214. The Morgan fingerprint density at radius 2 is 0.825 bits per heavy atom. The van der Waals surface area contributed by atoms with Gasteiger partial charge in [0, 0.05) is 21.5 Å². The summed E-state index contributed by atoms with van der Waals surface area (Å²) in [6, 6.07) is 38.2. The van der Waals surface area contributed by atoms with E-state index in [-0.39, 0.29) is 11.8 Å². The van der Waals surface area contributed by atoms with E-state index in [1.165, 1.54) is 22.3 Å². The van der Waals surface area contributed by atoms with Crippen LogP contribution in [0.3, 0.4) is 0 Å². The van der Waals surface area contributed by atoms with Gasteiger partial charge in [0.2, 0.25) is 0 Å². The zero-order chi connectivity index (χ0) is 26.5. The average Bonchev–Trinajstić information content (AvgIpc) is 3.00. The van der Waals surface area contributed by atoms with Gasteiger partial charge in [0.15, 0.2) is 0 Å². The molecule has 7 aromatic rings. The molecular formula is C36H18N4. The summed E-state index contributed by atoms with van der Waals surface area (Å²) < 4.78 is 0. The van der Waals surface area contributed by atoms with Crippen LogP contribution in [0, 0.1) is 22.7 Å². The molecule has 0 spiro atoms. The van der Waals surface area contributed by atoms with Gasteiger partial charge in [-0.1, -0.05) is 72.8 Å². The first-order chi connectivity index (χ1) is 19.7. The molecule has 3 aliphatic rings. The van der Waals surface area contributed by atoms with Gasteiger partial charge in [-0.05, 0) is 57.3 Å². The Hall–Kier alpha value is -5.58. The summed E-state index contributed by atoms with van der Waals surface area (Å²) in [5.41, 5.74) is 9.74. The van der Waals surface area contributed by atoms with Crippen molar-refractivity contribution in [1.82, 2.24) is 9.97 Å². The van der Waals surface area contributed by atoms with Crippen molar-refractivity contribution in [2.45, 2.75) is 11.8 Å². The molecule has 0 unspecified atom stereocenters. The molecule has 0 saturated heterocycles. The fraction of sp³-hybridized carbons (Fsp3) is 0.0556. The smallest absolute Gasteiger partial charge is 0.100 e. The van der Waals surface area contributed by atoms with E-state index in [1.54, 1.807) is 0 Å². The lowest BCUT2D eigenvalue weighted by molar-refractivity contribution is 0.709. The van der Waals surface area contributed by atoms with Crippen LogP contribution < -0.4 is 0 Å². The Kier molecular flexibility index (Phi) is 4.01. The summed E-state index contributed by atoms with van der Waals surface area (Å²) in [4.78, 5) is 10.5. The molecule has 0 aliphatic heterocycles. The third-order valence-corrected chi connectivity index (χ3v) is 8.83. The van der Waals surface area contributed by atoms with Gasteiger partial charge in [0.25, 0.3) is 0 Å². The maximum Gasteiger partial charge on any atom is 0.100 e. The molecule has 0 fully saturated rings. The topological polar surface area (TPSA) is 73.4 Å². The van der Waals surface area contributed by atoms with Crippen LogP contribution in [-0.4, -0.2) is 9.97 Å². The molecular weight excluding hydrogens is 488 g/mol. The molecule has 3 aliphatic carbocycles. The number of hydrogen-bond acceptors (Lipinski definition) is 4. The highest BCUT2D eigenvalue weighted by Gasteiger charge is 2.43. The van der Waals surface area contributed by atoms with Gasteiger partial charge in [0.1, 0.15) is 12.1 Å². The molecule has 2 bridgehead atoms. The lowest BCUT2D eigenvalue weighted by Gasteiger charge is -2.40. The second-order valence-electron chi connectivity index (χ2n) is 10.7. The molecule has 4 nitrogen and oxygen atoms in total. The van der Waals surface area contributed by atoms with Crippen LogP contribution in [0.1, 0.15) is 56.6 Å². The summed E-state index contributed by atoms with van der Waals surface area (Å²) in [6.07, 6.45) is 0. The summed E-state index contributed by atoms with van der Waals surface area (Å²) in [5.74, 6) is 0.0427. The van der Waals surface area contributed by atoms with Crippen molar-refractivity contribution in [1.29, 1.82) is 10.5 Å². The standard InChI is InChI=1S/C36H18N4/c37-17-29-25-13-19-7-1-2-8-20(19)14-26(25)30(18-38)28-16-32-31(15-27(28)29)39-35-33-21-9-3-5-11-23(21)34(36(35)40-32)24-12-6-4-10-22(24)33/h1-16,33-34H. The largest absolute Gasteiger partial charge is 0.248 e. The zero-order valence-electron chi connectivity index (χ0n) is 21.2. The first-order valence-corrected chi connectivity index (χ1v) is 13.4. The lowest BCUT2D eigenvalue weighted by atomic mass is 9.64. The van der Waals surface area contributed by atoms with E-state index >= 15 is 0 Å². The Morgan fingerprint density at radius 1 is 0.475 bits per heavy atom. The highest BCUT2D eigenvalue weighted by atomic mass is 14.9. The van der Waals surface area contributed by atoms with Crippen LogP contribution in [0.4, 0.5) is 0 Å². The molecule has 0 radical (unpaired) electrons. The Balaban J connectivity index is 1.40. The van der Waals surface area contributed by atoms with E-state index < -0.39 is 0 Å². The predicted molar refractivity (Wildman–Crippen MR) is 156 cm³/mol. The van der Waals surface area contributed by atoms with Crippen molar-refractivity contribution in [3.05, 3.63) is 142 Å². The predicted octanol–water partition coefficient (Wildman–Crippen LogP) is 7.82. The van der Waals surface area contributed by atoms with Gasteiger partial charge in [-0.3, -0.25) is 0 Å². The number of benzene rings is 6. The fourth-order valence-electron chi connectivity index (χ4n) is 7.15. The number of nitriles is 2. The Labute approximate surface area is 229 Å². The zero-order valence-corrected chi connectivity index (χ0v) is 21.2. The lowest BCUT2D eigenvalue weighted by Crippen LogP contribution is -2.29. The van der Waals surface area contributed by atoms with Gasteiger partial charge in [-0.25, -0.2) is 9.97 Å². The maximum absolute atomic E-state index is 10.4. The minimum Gasteiger partial charge on any atom is -0.248 e. The third-order valence-electron chi connectivity index (χ3n) is 8.83. The monoisotopic (exact) mass is 506 g/mol. The van der Waals surface area contributed by atoms with Crippen LogP contribution in [0.25, 0.3) is 43.4 Å². The molecule has 0 amide bonds. The summed E-state index contributed by atoms with van der Waals surface area (Å²) >= 11 is 0. The van der Waals surface area contributed by atoms with Gasteiger partial charge < -0.3 is 0 Å². The summed E-state index contributed by atoms with van der Waals surface area (Å²) in [5, 5.41) is 25.9. The molecule has 182 valence electrons. The molecule has 10 rings (SSSR count). The van der Waals surface area contributed by atoms with Crippen molar-refractivity contribution >= 4 is 43.4 Å². The molecule has 0 N–H and O–H groups in total. The summed E-state index contributed by atoms with van der Waals surface area (Å²) in [6.45, 7) is 0. The number of aromatic nitrogens is 2. The van der Waals surface area contributed by atoms with Crippen LogP contribution in [0.5, 0.6) is 0 Å². The van der Waals surface area contributed by atoms with E-state index in [2.05, 4.69) is 60.7 Å². The van der Waals surface area contributed by atoms with Crippen molar-refractivity contribution in [2.24, 2.45) is 0 Å². The third kappa shape index (κ3) is 2.58. The van der Waals surface area contributed by atoms with Crippen molar-refractivity contribution in [3.63, 3.8) is 0 Å². The van der Waals surface area contributed by atoms with Crippen LogP contribution >= 0.6 is 0 Å². The summed E-state index contributed by atoms with van der Waals surface area (Å²) in [7, 11) is 0. The Bertz CT molecular complexity index is 2160. The van der Waals surface area contributed by atoms with E-state index in [9.17, 15) is 10.5 Å². The Morgan fingerprint density at radius 3 is 1.20 bits per heavy atom. The highest BCUT2D eigenvalue weighted by molar-refractivity contribution is 6.15. The van der Waals surface area contributed by atoms with Crippen LogP contribution in [0.2, 0.25) is 0 Å². The molecule has 6 aromatic carbocycles.